The standard InChI is InChI=1S/C14H27NO2.C13H26O3.C12H23N3O3S.C11H20N2O4S.C11H20N2O3S.C11H23NO2.C10H21NO3S.C9H21NO3S.C8H17NO/c1-13(2,3)11-7-9-15(10-8-11)12(16)17-14(4,5)6;1-12(2,3)7-5-6-11(16)8-13(4,9-14)10-15;1-9-14-11(8-15(9)5)19(17,18)13-7-10(16)6-12(2,3)4;1-8-10(7-12-17-8)18(15,16)13-6-9(14)5-11(2,3)4;1-11(2,3)7-9(14)8-13-17(15,16)10-5-4-6-12-10;1-10(2,3)7-8-12-9(13)14-11(4,5)6;1-10(2,3)6-8(12)7-11-15(13,14)9-4-5-9;1-5-14(12,13)10-7-8(11)6-9(2,3)4;1-8(2,3)6-7(10)9(4)5/h11H,7-10H2,1-6H3;14-15H,5-10H2,1-4H3;8,10,13,16H,6-7H2,1-5H3;7,9,13-14H,5-6H2,1-4H3;5-6,9,13-14H,4,7-8H2,1-3H3;7-8H2,1-6H3,(H,12,13);8-9,11-12H,4-7H2,1-3H3;8,10-11H,5-7H2,1-4H3;6H2,1-5H3. The van der Waals surface area contributed by atoms with Gasteiger partial charge < -0.3 is 69.4 Å². The number of carbonyl (C=O) groups is 4. The number of carbonyl (C=O) groups excluding carboxylic acids is 4. The maximum atomic E-state index is 12.0. The molecule has 0 spiro atoms. The number of nitrogens with zero attached hydrogens (tertiary/aromatic N) is 6. The number of aromatic nitrogens is 3. The van der Waals surface area contributed by atoms with Gasteiger partial charge in [0.25, 0.3) is 20.0 Å². The Bertz CT molecular complexity index is 4540. The number of piperidine rings is 1. The number of sulfonamides is 5. The first kappa shape index (κ1) is 141. The zero-order valence-electron chi connectivity index (χ0n) is 93.7. The molecule has 4 heterocycles. The zero-order chi connectivity index (χ0) is 111. The van der Waals surface area contributed by atoms with Crippen LogP contribution in [-0.4, -0.2) is 265 Å². The van der Waals surface area contributed by atoms with Crippen LogP contribution in [0.5, 0.6) is 0 Å². The van der Waals surface area contributed by atoms with Gasteiger partial charge in [-0.3, -0.25) is 9.59 Å². The summed E-state index contributed by atoms with van der Waals surface area (Å²) < 4.78 is 145. The Morgan fingerprint density at radius 3 is 1.21 bits per heavy atom. The molecule has 0 aromatic carbocycles. The van der Waals surface area contributed by atoms with Crippen molar-refractivity contribution in [1.29, 1.82) is 0 Å². The van der Waals surface area contributed by atoms with Crippen LogP contribution in [0.4, 0.5) is 9.59 Å². The number of nitrogens with one attached hydrogen (secondary N) is 6. The first-order chi connectivity index (χ1) is 62.4. The maximum absolute atomic E-state index is 12.0. The highest BCUT2D eigenvalue weighted by atomic mass is 32.2. The third-order valence-corrected chi connectivity index (χ3v) is 27.8. The number of amides is 3. The number of imidazole rings is 1. The van der Waals surface area contributed by atoms with Crippen molar-refractivity contribution in [3.63, 3.8) is 0 Å². The van der Waals surface area contributed by atoms with Gasteiger partial charge in [0, 0.05) is 117 Å². The van der Waals surface area contributed by atoms with Crippen LogP contribution in [-0.2, 0) is 76.2 Å². The summed E-state index contributed by atoms with van der Waals surface area (Å²) in [5.41, 5.74) is -0.599. The minimum absolute atomic E-state index is 0.00474. The molecule has 828 valence electrons. The van der Waals surface area contributed by atoms with Crippen LogP contribution in [0.2, 0.25) is 0 Å². The number of aliphatic hydroxyl groups is 7. The van der Waals surface area contributed by atoms with Gasteiger partial charge in [-0.2, -0.15) is 0 Å². The molecule has 2 aliphatic heterocycles. The number of hydrogen-bond donors (Lipinski definition) is 13. The van der Waals surface area contributed by atoms with E-state index < -0.39 is 97.3 Å². The topological polar surface area (TPSA) is 534 Å². The molecule has 1 saturated heterocycles. The molecule has 3 aliphatic rings. The SMILES string of the molecule is CC(C)(C)CC(O)CNS(=O)(=O)C1=CCC=N1.CC(C)(C)CC(O)CNS(=O)(=O)C1CC1.CC(C)(C)CCCC(=O)CC(C)(CO)CO.CC(C)(C)CCNC(=O)OC(C)(C)C.CC(C)(C)OC(=O)N1CCC(C(C)(C)C)CC1.CCS(=O)(=O)NCC(O)CC(C)(C)C.CN(C)C(=O)CC(C)(C)C.Cc1nc(S(=O)(=O)NCC(O)CC(C)(C)C)cn1C.Cc1oncc1S(=O)(=O)NCC(O)CC(C)(C)C. The van der Waals surface area contributed by atoms with Crippen LogP contribution in [0.3, 0.4) is 0 Å². The Balaban J connectivity index is -0.000000746. The van der Waals surface area contributed by atoms with Crippen LogP contribution in [0, 0.1) is 73.9 Å². The summed E-state index contributed by atoms with van der Waals surface area (Å²) in [6.07, 6.45) is 13.1. The quantitative estimate of drug-likeness (QED) is 0.0305. The third kappa shape index (κ3) is 77.2. The molecule has 2 aromatic heterocycles. The molecule has 2 fully saturated rings. The average Bonchev–Trinajstić information content (AvgIpc) is 1.67. The van der Waals surface area contributed by atoms with Crippen molar-refractivity contribution in [2.24, 2.45) is 72.1 Å². The highest BCUT2D eigenvalue weighted by Crippen LogP contribution is 2.36. The smallest absolute Gasteiger partial charge is 0.410 e. The summed E-state index contributed by atoms with van der Waals surface area (Å²) >= 11 is 0. The number of ketones is 1. The molecule has 5 unspecified atom stereocenters. The lowest BCUT2D eigenvalue weighted by molar-refractivity contribution is -0.130. The zero-order valence-corrected chi connectivity index (χ0v) is 97.8. The number of ether oxygens (including phenoxy) is 2. The second-order valence-corrected chi connectivity index (χ2v) is 59.5. The molecule has 1 saturated carbocycles. The van der Waals surface area contributed by atoms with E-state index in [1.807, 2.05) is 150 Å². The van der Waals surface area contributed by atoms with Crippen LogP contribution >= 0.6 is 0 Å². The Morgan fingerprint density at radius 2 is 0.907 bits per heavy atom. The van der Waals surface area contributed by atoms with Gasteiger partial charge in [-0.25, -0.2) is 85.3 Å². The number of hydrogen-bond acceptors (Lipinski definition) is 27. The monoisotopic (exact) mass is 2100 g/mol. The first-order valence-corrected chi connectivity index (χ1v) is 56.5. The van der Waals surface area contributed by atoms with Gasteiger partial charge in [0.1, 0.15) is 27.7 Å². The molecule has 3 amide bonds. The number of aliphatic imine (C=N–C) groups is 1. The lowest BCUT2D eigenvalue weighted by atomic mass is 9.75. The molecular weight excluding hydrogens is 1900 g/mol. The van der Waals surface area contributed by atoms with E-state index in [4.69, 9.17) is 24.2 Å². The largest absolute Gasteiger partial charge is 0.444 e. The molecule has 5 atom stereocenters. The third-order valence-electron chi connectivity index (χ3n) is 20.3. The molecule has 0 radical (unpaired) electrons. The van der Waals surface area contributed by atoms with E-state index in [2.05, 4.69) is 127 Å². The Kier molecular flexibility index (Phi) is 61.4. The van der Waals surface area contributed by atoms with Crippen molar-refractivity contribution >= 4 is 80.2 Å². The summed E-state index contributed by atoms with van der Waals surface area (Å²) in [6.45, 7) is 76.0. The fraction of sp³-hybridized carbons (Fsp3) is 0.869. The van der Waals surface area contributed by atoms with E-state index in [1.165, 1.54) is 13.1 Å². The number of alkyl carbamates (subject to hydrolysis) is 1. The molecule has 0 bridgehead atoms. The van der Waals surface area contributed by atoms with E-state index in [0.717, 1.165) is 64.2 Å². The summed E-state index contributed by atoms with van der Waals surface area (Å²) in [4.78, 5) is 57.0. The lowest BCUT2D eigenvalue weighted by Crippen LogP contribution is -2.43. The molecule has 5 rings (SSSR count). The van der Waals surface area contributed by atoms with Crippen molar-refractivity contribution in [3.8, 4) is 0 Å². The predicted octanol–water partition coefficient (Wildman–Crippen LogP) is 14.8. The number of allylic oxidation sites excluding steroid dienone is 1. The minimum Gasteiger partial charge on any atom is -0.444 e. The Hall–Kier alpha value is -5.22. The van der Waals surface area contributed by atoms with Crippen molar-refractivity contribution in [1.82, 2.24) is 53.4 Å². The number of Topliss-reactive ketones (excluding diaryl/α,β-unsaturated/α-hetero) is 1. The van der Waals surface area contributed by atoms with Crippen molar-refractivity contribution < 1.29 is 111 Å². The van der Waals surface area contributed by atoms with Crippen molar-refractivity contribution in [2.45, 2.75) is 416 Å². The molecule has 140 heavy (non-hydrogen) atoms. The van der Waals surface area contributed by atoms with Crippen molar-refractivity contribution in [2.75, 3.05) is 85.4 Å². The van der Waals surface area contributed by atoms with E-state index in [1.54, 1.807) is 63.7 Å². The van der Waals surface area contributed by atoms with Gasteiger partial charge in [0.05, 0.1) is 60.9 Å². The molecule has 36 nitrogen and oxygen atoms in total. The molecule has 41 heteroatoms. The van der Waals surface area contributed by atoms with Gasteiger partial charge in [-0.15, -0.1) is 0 Å². The van der Waals surface area contributed by atoms with E-state index in [9.17, 15) is 86.8 Å². The first-order valence-electron chi connectivity index (χ1n) is 48.8. The van der Waals surface area contributed by atoms with E-state index >= 15 is 0 Å². The normalized spacial score (nSPS) is 15.7. The molecule has 1 aliphatic carbocycles. The fourth-order valence-corrected chi connectivity index (χ4v) is 18.2. The second-order valence-electron chi connectivity index (χ2n) is 50.2. The van der Waals surface area contributed by atoms with Gasteiger partial charge >= 0.3 is 12.2 Å². The highest BCUT2D eigenvalue weighted by molar-refractivity contribution is 7.93. The Morgan fingerprint density at radius 1 is 0.514 bits per heavy atom. The van der Waals surface area contributed by atoms with Crippen LogP contribution < -0.4 is 28.9 Å². The molecule has 13 N–H and O–H groups in total. The van der Waals surface area contributed by atoms with Crippen LogP contribution in [0.15, 0.2) is 42.9 Å². The lowest BCUT2D eigenvalue weighted by Gasteiger charge is -2.39. The molecule has 2 aromatic rings. The van der Waals surface area contributed by atoms with Crippen LogP contribution in [0.25, 0.3) is 0 Å². The second kappa shape index (κ2) is 60.9. The summed E-state index contributed by atoms with van der Waals surface area (Å²) in [6, 6.07) is 0. The maximum Gasteiger partial charge on any atom is 0.410 e. The van der Waals surface area contributed by atoms with Gasteiger partial charge in [-0.1, -0.05) is 199 Å². The predicted molar refractivity (Wildman–Crippen MR) is 562 cm³/mol. The summed E-state index contributed by atoms with van der Waals surface area (Å²) in [7, 11) is -11.9. The fourth-order valence-electron chi connectivity index (χ4n) is 12.8. The number of rotatable bonds is 35. The Labute approximate surface area is 847 Å². The average molecular weight is 2100 g/mol. The van der Waals surface area contributed by atoms with Crippen molar-refractivity contribution in [3.05, 3.63) is 35.1 Å². The van der Waals surface area contributed by atoms with Gasteiger partial charge in [0.15, 0.2) is 15.8 Å². The van der Waals surface area contributed by atoms with E-state index in [-0.39, 0.29) is 151 Å². The van der Waals surface area contributed by atoms with Gasteiger partial charge in [0.2, 0.25) is 36.0 Å². The minimum atomic E-state index is -3.66. The number of aliphatic hydroxyl groups excluding tert-OH is 7. The van der Waals surface area contributed by atoms with Crippen LogP contribution in [0.1, 0.15) is 357 Å². The highest BCUT2D eigenvalue weighted by Gasteiger charge is 2.37. The molecular formula is C99H198N12O24S5. The van der Waals surface area contributed by atoms with E-state index in [0.29, 0.717) is 75.1 Å². The van der Waals surface area contributed by atoms with Gasteiger partial charge in [-0.05, 0) is 200 Å². The summed E-state index contributed by atoms with van der Waals surface area (Å²) in [5, 5.41) is 72.5. The number of likely N-dealkylation sites (tertiary alicyclic amines) is 1. The number of aryl methyl sites for hydroxylation is 3. The summed E-state index contributed by atoms with van der Waals surface area (Å²) in [5.74, 6) is 1.95.